The van der Waals surface area contributed by atoms with Crippen LogP contribution >= 0.6 is 11.6 Å². The maximum atomic E-state index is 13.0. The van der Waals surface area contributed by atoms with Crippen molar-refractivity contribution in [1.29, 1.82) is 0 Å². The van der Waals surface area contributed by atoms with E-state index in [1.165, 1.54) is 6.07 Å². The number of rotatable bonds is 4. The molecule has 0 aliphatic carbocycles. The summed E-state index contributed by atoms with van der Waals surface area (Å²) in [5.74, 6) is -1.09. The summed E-state index contributed by atoms with van der Waals surface area (Å²) in [4.78, 5) is 25.9. The molecule has 0 bridgehead atoms. The molecule has 0 spiro atoms. The number of alkyl halides is 3. The Morgan fingerprint density at radius 3 is 2.21 bits per heavy atom. The Morgan fingerprint density at radius 1 is 1.00 bits per heavy atom. The molecule has 0 aromatic heterocycles. The van der Waals surface area contributed by atoms with Gasteiger partial charge >= 0.3 is 6.18 Å². The molecular weight excluding hydrogens is 395 g/mol. The number of carbonyl (C=O) groups is 2. The molecular formula is C20H15ClF3NO3. The van der Waals surface area contributed by atoms with Crippen molar-refractivity contribution in [2.45, 2.75) is 26.1 Å². The molecule has 28 heavy (non-hydrogen) atoms. The molecule has 2 aromatic carbocycles. The fraction of sp³-hybridized carbons (Fsp3) is 0.200. The van der Waals surface area contributed by atoms with E-state index in [1.807, 2.05) is 13.8 Å². The molecule has 1 heterocycles. The first-order chi connectivity index (χ1) is 13.1. The normalized spacial score (nSPS) is 15.0. The zero-order chi connectivity index (χ0) is 20.6. The summed E-state index contributed by atoms with van der Waals surface area (Å²) >= 11 is 6.07. The molecule has 0 saturated carbocycles. The van der Waals surface area contributed by atoms with Crippen LogP contribution in [-0.4, -0.2) is 17.9 Å². The van der Waals surface area contributed by atoms with Gasteiger partial charge in [-0.3, -0.25) is 9.59 Å². The fourth-order valence-electron chi connectivity index (χ4n) is 2.78. The molecule has 1 aliphatic rings. The van der Waals surface area contributed by atoms with E-state index in [-0.39, 0.29) is 22.4 Å². The first kappa shape index (κ1) is 19.9. The lowest BCUT2D eigenvalue weighted by molar-refractivity contribution is -0.137. The van der Waals surface area contributed by atoms with Crippen LogP contribution < -0.4 is 9.64 Å². The van der Waals surface area contributed by atoms with Crippen LogP contribution in [0.5, 0.6) is 5.75 Å². The van der Waals surface area contributed by atoms with Crippen LogP contribution in [0.2, 0.25) is 0 Å². The van der Waals surface area contributed by atoms with Crippen LogP contribution in [0.1, 0.15) is 25.0 Å². The molecule has 0 radical (unpaired) electrons. The Labute approximate surface area is 164 Å². The third-order valence-electron chi connectivity index (χ3n) is 3.97. The Bertz CT molecular complexity index is 965. The van der Waals surface area contributed by atoms with Gasteiger partial charge in [-0.15, -0.1) is 0 Å². The maximum Gasteiger partial charge on any atom is 0.416 e. The van der Waals surface area contributed by atoms with Crippen molar-refractivity contribution in [3.8, 4) is 5.75 Å². The van der Waals surface area contributed by atoms with E-state index < -0.39 is 23.6 Å². The Morgan fingerprint density at radius 2 is 1.64 bits per heavy atom. The largest absolute Gasteiger partial charge is 0.491 e. The monoisotopic (exact) mass is 409 g/mol. The highest BCUT2D eigenvalue weighted by Gasteiger charge is 2.40. The summed E-state index contributed by atoms with van der Waals surface area (Å²) in [5.41, 5.74) is -0.864. The molecule has 4 nitrogen and oxygen atoms in total. The van der Waals surface area contributed by atoms with E-state index in [0.717, 1.165) is 18.2 Å². The van der Waals surface area contributed by atoms with Gasteiger partial charge in [0.05, 0.1) is 22.9 Å². The van der Waals surface area contributed by atoms with Crippen LogP contribution in [-0.2, 0) is 15.8 Å². The van der Waals surface area contributed by atoms with Gasteiger partial charge < -0.3 is 4.74 Å². The van der Waals surface area contributed by atoms with E-state index in [9.17, 15) is 22.8 Å². The minimum atomic E-state index is -4.60. The Hall–Kier alpha value is -2.80. The zero-order valence-corrected chi connectivity index (χ0v) is 15.6. The number of hydrogen-bond acceptors (Lipinski definition) is 3. The van der Waals surface area contributed by atoms with Gasteiger partial charge in [-0.1, -0.05) is 29.8 Å². The van der Waals surface area contributed by atoms with Crippen molar-refractivity contribution in [3.05, 3.63) is 64.7 Å². The van der Waals surface area contributed by atoms with Gasteiger partial charge in [0.1, 0.15) is 10.8 Å². The van der Waals surface area contributed by atoms with Gasteiger partial charge in [0.15, 0.2) is 0 Å². The number of ether oxygens (including phenoxy) is 1. The van der Waals surface area contributed by atoms with Crippen molar-refractivity contribution in [1.82, 2.24) is 0 Å². The zero-order valence-electron chi connectivity index (χ0n) is 14.9. The Balaban J connectivity index is 1.95. The van der Waals surface area contributed by atoms with Crippen molar-refractivity contribution in [2.24, 2.45) is 0 Å². The van der Waals surface area contributed by atoms with Crippen LogP contribution in [0.25, 0.3) is 5.57 Å². The molecule has 0 fully saturated rings. The van der Waals surface area contributed by atoms with Gasteiger partial charge in [-0.25, -0.2) is 4.90 Å². The summed E-state index contributed by atoms with van der Waals surface area (Å²) < 4.78 is 44.4. The van der Waals surface area contributed by atoms with E-state index in [1.54, 1.807) is 24.3 Å². The lowest BCUT2D eigenvalue weighted by Gasteiger charge is -2.17. The molecule has 8 heteroatoms. The predicted molar refractivity (Wildman–Crippen MR) is 98.9 cm³/mol. The first-order valence-corrected chi connectivity index (χ1v) is 8.70. The number of anilines is 1. The quantitative estimate of drug-likeness (QED) is 0.666. The molecule has 2 aromatic rings. The molecule has 146 valence electrons. The van der Waals surface area contributed by atoms with E-state index in [0.29, 0.717) is 16.2 Å². The summed E-state index contributed by atoms with van der Waals surface area (Å²) in [6, 6.07) is 10.3. The highest BCUT2D eigenvalue weighted by atomic mass is 35.5. The van der Waals surface area contributed by atoms with Crippen molar-refractivity contribution in [2.75, 3.05) is 4.90 Å². The first-order valence-electron chi connectivity index (χ1n) is 8.32. The average molecular weight is 410 g/mol. The molecule has 0 N–H and O–H groups in total. The smallest absolute Gasteiger partial charge is 0.416 e. The number of nitrogens with zero attached hydrogens (tertiary/aromatic N) is 1. The van der Waals surface area contributed by atoms with Crippen LogP contribution in [0.15, 0.2) is 53.6 Å². The second-order valence-corrected chi connectivity index (χ2v) is 6.75. The lowest BCUT2D eigenvalue weighted by atomic mass is 10.1. The van der Waals surface area contributed by atoms with E-state index >= 15 is 0 Å². The summed E-state index contributed by atoms with van der Waals surface area (Å²) in [5, 5.41) is -0.347. The summed E-state index contributed by atoms with van der Waals surface area (Å²) in [6.45, 7) is 3.72. The summed E-state index contributed by atoms with van der Waals surface area (Å²) in [6.07, 6.45) is -4.64. The number of amides is 2. The molecule has 0 unspecified atom stereocenters. The molecule has 1 aliphatic heterocycles. The predicted octanol–water partition coefficient (Wildman–Crippen LogP) is 5.02. The standard InChI is InChI=1S/C20H15ClF3NO3/c1-11(2)28-15-8-6-12(7-9-15)16-17(21)19(27)25(18(16)26)14-5-3-4-13(10-14)20(22,23)24/h3-11H,1-2H3. The number of halogens is 4. The van der Waals surface area contributed by atoms with E-state index in [4.69, 9.17) is 16.3 Å². The van der Waals surface area contributed by atoms with Gasteiger partial charge in [0.25, 0.3) is 11.8 Å². The van der Waals surface area contributed by atoms with Crippen molar-refractivity contribution >= 4 is 34.7 Å². The van der Waals surface area contributed by atoms with Crippen molar-refractivity contribution in [3.63, 3.8) is 0 Å². The van der Waals surface area contributed by atoms with Gasteiger partial charge in [-0.05, 0) is 49.7 Å². The SMILES string of the molecule is CC(C)Oc1ccc(C2=C(Cl)C(=O)N(c3cccc(C(F)(F)F)c3)C2=O)cc1. The Kier molecular flexibility index (Phi) is 5.21. The van der Waals surface area contributed by atoms with Gasteiger partial charge in [0.2, 0.25) is 0 Å². The highest BCUT2D eigenvalue weighted by molar-refractivity contribution is 6.60. The third kappa shape index (κ3) is 3.75. The average Bonchev–Trinajstić information content (AvgIpc) is 2.84. The second-order valence-electron chi connectivity index (χ2n) is 6.37. The fourth-order valence-corrected chi connectivity index (χ4v) is 3.06. The molecule has 3 rings (SSSR count). The van der Waals surface area contributed by atoms with Gasteiger partial charge in [-0.2, -0.15) is 13.2 Å². The van der Waals surface area contributed by atoms with Gasteiger partial charge in [0, 0.05) is 0 Å². The number of hydrogen-bond donors (Lipinski definition) is 0. The molecule has 2 amide bonds. The number of benzene rings is 2. The minimum Gasteiger partial charge on any atom is -0.491 e. The third-order valence-corrected chi connectivity index (χ3v) is 4.32. The second kappa shape index (κ2) is 7.31. The van der Waals surface area contributed by atoms with E-state index in [2.05, 4.69) is 0 Å². The maximum absolute atomic E-state index is 13.0. The number of imide groups is 1. The van der Waals surface area contributed by atoms with Crippen molar-refractivity contribution < 1.29 is 27.5 Å². The molecule has 0 saturated heterocycles. The van der Waals surface area contributed by atoms with Crippen LogP contribution in [0.3, 0.4) is 0 Å². The topological polar surface area (TPSA) is 46.6 Å². The van der Waals surface area contributed by atoms with Crippen LogP contribution in [0.4, 0.5) is 18.9 Å². The van der Waals surface area contributed by atoms with Crippen LogP contribution in [0, 0.1) is 0 Å². The summed E-state index contributed by atoms with van der Waals surface area (Å²) in [7, 11) is 0. The number of carbonyl (C=O) groups excluding carboxylic acids is 2. The highest BCUT2D eigenvalue weighted by Crippen LogP contribution is 2.37. The minimum absolute atomic E-state index is 0.0419. The lowest BCUT2D eigenvalue weighted by Crippen LogP contribution is -2.31. The molecule has 0 atom stereocenters.